The molecule has 0 aliphatic carbocycles. The first-order chi connectivity index (χ1) is 19.3. The average molecular weight is 744 g/mol. The van der Waals surface area contributed by atoms with Crippen LogP contribution in [0.1, 0.15) is 102 Å². The SMILES string of the molecule is CC(C)c1nc2cc(Oc3[c-]c(N4C=CN(C)[CH-]4)ccc3)[c-]c(C(C)(C)c3cc(C(C)(C)C)ccn3)n2c1C(C)C.[Pt]. The summed E-state index contributed by atoms with van der Waals surface area (Å²) in [6.07, 6.45) is 5.92. The smallest absolute Gasteiger partial charge is 0.0635 e. The van der Waals surface area contributed by atoms with Gasteiger partial charge in [-0.1, -0.05) is 68.0 Å². The van der Waals surface area contributed by atoms with Gasteiger partial charge in [-0.3, -0.25) is 9.97 Å². The fourth-order valence-electron chi connectivity index (χ4n) is 5.31. The summed E-state index contributed by atoms with van der Waals surface area (Å²) in [6.45, 7) is 22.0. The van der Waals surface area contributed by atoms with E-state index in [1.807, 2.05) is 66.4 Å². The first-order valence-corrected chi connectivity index (χ1v) is 14.5. The Morgan fingerprint density at radius 2 is 1.64 bits per heavy atom. The molecule has 4 heterocycles. The van der Waals surface area contributed by atoms with Crippen molar-refractivity contribution in [2.75, 3.05) is 11.9 Å². The van der Waals surface area contributed by atoms with E-state index in [4.69, 9.17) is 14.7 Å². The maximum Gasteiger partial charge on any atom is 0.0635 e. The third-order valence-corrected chi connectivity index (χ3v) is 7.66. The third kappa shape index (κ3) is 6.15. The Hall–Kier alpha value is -3.11. The number of fused-ring (bicyclic) bond motifs is 1. The molecule has 0 N–H and O–H groups in total. The summed E-state index contributed by atoms with van der Waals surface area (Å²) in [6, 6.07) is 19.3. The molecule has 42 heavy (non-hydrogen) atoms. The van der Waals surface area contributed by atoms with Crippen LogP contribution >= 0.6 is 0 Å². The summed E-state index contributed by atoms with van der Waals surface area (Å²) in [7, 11) is 2.00. The number of nitrogens with zero attached hydrogens (tertiary/aromatic N) is 5. The Labute approximate surface area is 266 Å². The van der Waals surface area contributed by atoms with Crippen molar-refractivity contribution in [1.29, 1.82) is 0 Å². The number of pyridine rings is 2. The second-order valence-electron chi connectivity index (χ2n) is 13.2. The van der Waals surface area contributed by atoms with Gasteiger partial charge in [0.05, 0.1) is 17.0 Å². The van der Waals surface area contributed by atoms with Gasteiger partial charge >= 0.3 is 0 Å². The molecule has 0 fully saturated rings. The summed E-state index contributed by atoms with van der Waals surface area (Å²) in [5.41, 5.74) is 6.81. The van der Waals surface area contributed by atoms with E-state index in [1.165, 1.54) is 11.3 Å². The van der Waals surface area contributed by atoms with Crippen molar-refractivity contribution in [2.24, 2.45) is 0 Å². The molecule has 1 aliphatic rings. The van der Waals surface area contributed by atoms with Crippen molar-refractivity contribution < 1.29 is 25.8 Å². The number of rotatable bonds is 7. The first-order valence-electron chi connectivity index (χ1n) is 14.5. The normalized spacial score (nSPS) is 13.9. The van der Waals surface area contributed by atoms with E-state index in [2.05, 4.69) is 91.0 Å². The quantitative estimate of drug-likeness (QED) is 0.178. The summed E-state index contributed by atoms with van der Waals surface area (Å²) >= 11 is 0. The monoisotopic (exact) mass is 743 g/mol. The van der Waals surface area contributed by atoms with Crippen LogP contribution in [0.2, 0.25) is 0 Å². The van der Waals surface area contributed by atoms with Crippen molar-refractivity contribution in [3.63, 3.8) is 0 Å². The van der Waals surface area contributed by atoms with E-state index in [1.54, 1.807) is 0 Å². The zero-order valence-corrected chi connectivity index (χ0v) is 28.7. The third-order valence-electron chi connectivity index (χ3n) is 7.66. The maximum atomic E-state index is 6.47. The van der Waals surface area contributed by atoms with Crippen molar-refractivity contribution in [2.45, 2.75) is 85.0 Å². The predicted molar refractivity (Wildman–Crippen MR) is 166 cm³/mol. The number of ether oxygens (including phenoxy) is 1. The molecule has 0 amide bonds. The van der Waals surface area contributed by atoms with E-state index in [0.29, 0.717) is 11.5 Å². The Morgan fingerprint density at radius 1 is 0.905 bits per heavy atom. The summed E-state index contributed by atoms with van der Waals surface area (Å²) in [5, 5.41) is 0. The Kier molecular flexibility index (Phi) is 9.00. The van der Waals surface area contributed by atoms with E-state index >= 15 is 0 Å². The molecule has 0 unspecified atom stereocenters. The number of hydrogen-bond acceptors (Lipinski definition) is 5. The van der Waals surface area contributed by atoms with Gasteiger partial charge < -0.3 is 18.9 Å². The maximum absolute atomic E-state index is 6.47. The molecule has 0 atom stereocenters. The Bertz CT molecular complexity index is 1590. The van der Waals surface area contributed by atoms with Crippen molar-refractivity contribution >= 4 is 11.3 Å². The largest absolute Gasteiger partial charge is 0.521 e. The van der Waals surface area contributed by atoms with Crippen molar-refractivity contribution in [3.05, 3.63) is 102 Å². The minimum atomic E-state index is -0.483. The molecule has 4 aromatic rings. The molecule has 0 bridgehead atoms. The van der Waals surface area contributed by atoms with Gasteiger partial charge in [-0.2, -0.15) is 18.8 Å². The fourth-order valence-corrected chi connectivity index (χ4v) is 5.31. The molecule has 6 nitrogen and oxygen atoms in total. The molecule has 1 aliphatic heterocycles. The summed E-state index contributed by atoms with van der Waals surface area (Å²) in [4.78, 5) is 14.0. The first kappa shape index (κ1) is 31.8. The van der Waals surface area contributed by atoms with Gasteiger partial charge in [-0.25, -0.2) is 0 Å². The van der Waals surface area contributed by atoms with E-state index < -0.39 is 5.41 Å². The molecule has 7 heteroatoms. The molecule has 5 rings (SSSR count). The van der Waals surface area contributed by atoms with Crippen molar-refractivity contribution in [3.8, 4) is 11.5 Å². The second-order valence-corrected chi connectivity index (χ2v) is 13.2. The van der Waals surface area contributed by atoms with Crippen LogP contribution in [0.5, 0.6) is 11.5 Å². The molecule has 0 saturated carbocycles. The standard InChI is InChI=1S/C35H42N5O.Pt/c1-23(2)32-33(24(3)4)40-30(35(8,9)29-18-25(14-15-36-29)34(5,6)7)20-28(21-31(40)37-32)41-27-13-11-12-26(19-27)39-17-16-38(10)22-39;/h11-18,21-24H,1-10H3;/q-3;. The van der Waals surface area contributed by atoms with Crippen LogP contribution in [0, 0.1) is 18.8 Å². The predicted octanol–water partition coefficient (Wildman–Crippen LogP) is 8.33. The number of imidazole rings is 1. The topological polar surface area (TPSA) is 45.9 Å². The second kappa shape index (κ2) is 11.9. The van der Waals surface area contributed by atoms with Crippen molar-refractivity contribution in [1.82, 2.24) is 19.3 Å². The zero-order valence-electron chi connectivity index (χ0n) is 26.4. The number of benzene rings is 1. The van der Waals surface area contributed by atoms with Crippen LogP contribution in [-0.2, 0) is 31.9 Å². The minimum absolute atomic E-state index is 0. The van der Waals surface area contributed by atoms with Gasteiger partial charge in [0.15, 0.2) is 0 Å². The van der Waals surface area contributed by atoms with Crippen LogP contribution in [0.3, 0.4) is 0 Å². The molecular formula is C35H42N5OPt-3. The Morgan fingerprint density at radius 3 is 2.26 bits per heavy atom. The van der Waals surface area contributed by atoms with Gasteiger partial charge in [0, 0.05) is 44.1 Å². The molecule has 0 saturated heterocycles. The van der Waals surface area contributed by atoms with E-state index in [-0.39, 0.29) is 38.3 Å². The van der Waals surface area contributed by atoms with E-state index in [0.717, 1.165) is 28.4 Å². The summed E-state index contributed by atoms with van der Waals surface area (Å²) < 4.78 is 8.76. The van der Waals surface area contributed by atoms with Crippen LogP contribution in [0.25, 0.3) is 5.65 Å². The molecule has 0 radical (unpaired) electrons. The number of anilines is 1. The molecule has 0 spiro atoms. The van der Waals surface area contributed by atoms with Gasteiger partial charge in [0.1, 0.15) is 0 Å². The molecular weight excluding hydrogens is 701 g/mol. The van der Waals surface area contributed by atoms with Gasteiger partial charge in [-0.05, 0) is 60.1 Å². The van der Waals surface area contributed by atoms with Gasteiger partial charge in [0.2, 0.25) is 0 Å². The average Bonchev–Trinajstić information content (AvgIpc) is 3.52. The number of aromatic nitrogens is 3. The molecule has 3 aromatic heterocycles. The van der Waals surface area contributed by atoms with Crippen LogP contribution in [-0.4, -0.2) is 26.3 Å². The number of hydrogen-bond donors (Lipinski definition) is 0. The van der Waals surface area contributed by atoms with Crippen LogP contribution in [0.4, 0.5) is 5.69 Å². The zero-order chi connectivity index (χ0) is 29.7. The van der Waals surface area contributed by atoms with Crippen LogP contribution < -0.4 is 9.64 Å². The minimum Gasteiger partial charge on any atom is -0.521 e. The van der Waals surface area contributed by atoms with Gasteiger partial charge in [0.25, 0.3) is 0 Å². The fraction of sp³-hybridized carbons (Fsp3) is 0.400. The Balaban J connectivity index is 0.00000405. The molecule has 226 valence electrons. The van der Waals surface area contributed by atoms with E-state index in [9.17, 15) is 0 Å². The van der Waals surface area contributed by atoms with Crippen LogP contribution in [0.15, 0.2) is 55.0 Å². The van der Waals surface area contributed by atoms with Gasteiger partial charge in [-0.15, -0.1) is 30.0 Å². The molecule has 1 aromatic carbocycles. The summed E-state index contributed by atoms with van der Waals surface area (Å²) in [5.74, 6) is 1.78.